The van der Waals surface area contributed by atoms with Crippen LogP contribution < -0.4 is 61.2 Å². The van der Waals surface area contributed by atoms with Crippen LogP contribution >= 0.6 is 0 Å². The first-order chi connectivity index (χ1) is 14.2. The first-order valence-corrected chi connectivity index (χ1v) is 9.92. The van der Waals surface area contributed by atoms with Crippen LogP contribution in [0.2, 0.25) is 0 Å². The summed E-state index contributed by atoms with van der Waals surface area (Å²) in [5.41, 5.74) is 1.49. The molecule has 0 N–H and O–H groups in total. The molecule has 1 aromatic carbocycles. The number of hydrogen-bond donors (Lipinski definition) is 0. The molecule has 30 heavy (non-hydrogen) atoms. The summed E-state index contributed by atoms with van der Waals surface area (Å²) in [5, 5.41) is 12.0. The zero-order valence-electron chi connectivity index (χ0n) is 17.5. The summed E-state index contributed by atoms with van der Waals surface area (Å²) in [4.78, 5) is 25.0. The Morgan fingerprint density at radius 1 is 0.967 bits per heavy atom. The fraction of sp³-hybridized carbons (Fsp3) is 0.304. The summed E-state index contributed by atoms with van der Waals surface area (Å²) < 4.78 is 5.81. The Hall–Kier alpha value is -1.64. The van der Waals surface area contributed by atoms with Gasteiger partial charge in [-0.25, -0.2) is 4.98 Å². The van der Waals surface area contributed by atoms with Gasteiger partial charge in [-0.05, 0) is 18.6 Å². The first kappa shape index (κ1) is 24.6. The average Bonchev–Trinajstić information content (AvgIpc) is 2.76. The molecule has 3 rings (SSSR count). The van der Waals surface area contributed by atoms with Gasteiger partial charge in [0, 0.05) is 23.5 Å². The van der Waals surface area contributed by atoms with Gasteiger partial charge in [0.15, 0.2) is 5.82 Å². The van der Waals surface area contributed by atoms with Crippen LogP contribution in [0.4, 0.5) is 0 Å². The number of pyridine rings is 1. The van der Waals surface area contributed by atoms with Gasteiger partial charge in [0.05, 0.1) is 23.8 Å². The molecule has 0 saturated carbocycles. The molecular formula is C23H24KN3O3. The van der Waals surface area contributed by atoms with Gasteiger partial charge >= 0.3 is 51.4 Å². The van der Waals surface area contributed by atoms with E-state index in [0.29, 0.717) is 23.6 Å². The number of carbonyl (C=O) groups excluding carboxylic acids is 1. The van der Waals surface area contributed by atoms with E-state index < -0.39 is 5.97 Å². The number of ether oxygens (including phenoxy) is 1. The number of unbranched alkanes of at least 4 members (excludes halogenated alkanes) is 4. The van der Waals surface area contributed by atoms with Crippen molar-refractivity contribution in [3.63, 3.8) is 0 Å². The standard InChI is InChI=1S/C23H25N3O3.K/c1-2-3-4-5-9-15-29-22-19(23(27)28)20(17-11-7-6-8-12-17)25-21(26-22)18-13-10-14-24-16-18;/h6-8,10-14,16H,2-5,9,15H2,1H3,(H,27,28);/q;+1/p-1. The molecule has 0 fully saturated rings. The summed E-state index contributed by atoms with van der Waals surface area (Å²) in [7, 11) is 0. The van der Waals surface area contributed by atoms with Crippen molar-refractivity contribution in [3.05, 3.63) is 60.4 Å². The summed E-state index contributed by atoms with van der Waals surface area (Å²) in [5.74, 6) is -0.960. The quantitative estimate of drug-likeness (QED) is 0.352. The van der Waals surface area contributed by atoms with Crippen LogP contribution in [0.3, 0.4) is 0 Å². The van der Waals surface area contributed by atoms with Crippen LogP contribution in [0.1, 0.15) is 49.4 Å². The Bertz CT molecular complexity index is 937. The van der Waals surface area contributed by atoms with Crippen molar-refractivity contribution in [1.82, 2.24) is 15.0 Å². The number of hydrogen-bond acceptors (Lipinski definition) is 6. The van der Waals surface area contributed by atoms with E-state index in [1.807, 2.05) is 24.3 Å². The van der Waals surface area contributed by atoms with Crippen LogP contribution in [0, 0.1) is 0 Å². The second-order valence-corrected chi connectivity index (χ2v) is 6.73. The number of carboxylic acids is 1. The molecule has 0 bridgehead atoms. The van der Waals surface area contributed by atoms with Crippen LogP contribution in [0.25, 0.3) is 22.6 Å². The van der Waals surface area contributed by atoms with Gasteiger partial charge in [-0.1, -0.05) is 62.9 Å². The molecule has 0 spiro atoms. The molecule has 150 valence electrons. The molecule has 0 amide bonds. The van der Waals surface area contributed by atoms with Crippen molar-refractivity contribution in [2.24, 2.45) is 0 Å². The van der Waals surface area contributed by atoms with Crippen molar-refractivity contribution in [2.75, 3.05) is 6.61 Å². The fourth-order valence-corrected chi connectivity index (χ4v) is 3.03. The van der Waals surface area contributed by atoms with E-state index in [1.54, 1.807) is 30.6 Å². The van der Waals surface area contributed by atoms with Crippen molar-refractivity contribution < 1.29 is 66.0 Å². The van der Waals surface area contributed by atoms with Gasteiger partial charge in [0.25, 0.3) is 0 Å². The number of aromatic nitrogens is 3. The molecule has 2 heterocycles. The second-order valence-electron chi connectivity index (χ2n) is 6.73. The molecule has 3 aromatic rings. The van der Waals surface area contributed by atoms with Crippen LogP contribution in [0.5, 0.6) is 5.88 Å². The van der Waals surface area contributed by atoms with Crippen LogP contribution in [-0.2, 0) is 0 Å². The molecule has 0 aliphatic carbocycles. The normalized spacial score (nSPS) is 10.3. The Morgan fingerprint density at radius 2 is 1.70 bits per heavy atom. The van der Waals surface area contributed by atoms with Crippen LogP contribution in [-0.4, -0.2) is 27.5 Å². The van der Waals surface area contributed by atoms with E-state index in [9.17, 15) is 9.90 Å². The Labute approximate surface area is 219 Å². The van der Waals surface area contributed by atoms with Crippen molar-refractivity contribution in [1.29, 1.82) is 0 Å². The predicted molar refractivity (Wildman–Crippen MR) is 109 cm³/mol. The minimum atomic E-state index is -1.36. The number of nitrogens with zero attached hydrogens (tertiary/aromatic N) is 3. The maximum absolute atomic E-state index is 12.0. The third kappa shape index (κ3) is 6.68. The molecule has 0 saturated heterocycles. The van der Waals surface area contributed by atoms with Crippen molar-refractivity contribution in [3.8, 4) is 28.5 Å². The van der Waals surface area contributed by atoms with E-state index in [4.69, 9.17) is 4.74 Å². The third-order valence-corrected chi connectivity index (χ3v) is 4.53. The smallest absolute Gasteiger partial charge is 0.545 e. The Kier molecular flexibility index (Phi) is 10.6. The zero-order valence-corrected chi connectivity index (χ0v) is 20.6. The van der Waals surface area contributed by atoms with E-state index >= 15 is 0 Å². The maximum atomic E-state index is 12.0. The number of rotatable bonds is 10. The Balaban J connectivity index is 0.00000320. The summed E-state index contributed by atoms with van der Waals surface area (Å²) in [6, 6.07) is 12.7. The van der Waals surface area contributed by atoms with Gasteiger partial charge in [-0.2, -0.15) is 4.98 Å². The van der Waals surface area contributed by atoms with E-state index in [-0.39, 0.29) is 68.5 Å². The molecule has 0 atom stereocenters. The molecule has 7 heteroatoms. The predicted octanol–water partition coefficient (Wildman–Crippen LogP) is 0.922. The number of carboxylic acid groups (broad SMARTS) is 1. The summed E-state index contributed by atoms with van der Waals surface area (Å²) >= 11 is 0. The topological polar surface area (TPSA) is 88.0 Å². The molecule has 0 aliphatic heterocycles. The third-order valence-electron chi connectivity index (χ3n) is 4.53. The number of benzene rings is 1. The van der Waals surface area contributed by atoms with Gasteiger partial charge in [0.2, 0.25) is 5.88 Å². The maximum Gasteiger partial charge on any atom is 1.00 e. The first-order valence-electron chi connectivity index (χ1n) is 9.92. The zero-order chi connectivity index (χ0) is 20.5. The van der Waals surface area contributed by atoms with Crippen LogP contribution in [0.15, 0.2) is 54.9 Å². The molecular weight excluding hydrogens is 405 g/mol. The second kappa shape index (κ2) is 12.9. The largest absolute Gasteiger partial charge is 1.00 e. The SMILES string of the molecule is CCCCCCCOc1nc(-c2cccnc2)nc(-c2ccccc2)c1C(=O)[O-].[K+]. The van der Waals surface area contributed by atoms with E-state index in [2.05, 4.69) is 21.9 Å². The van der Waals surface area contributed by atoms with Crippen molar-refractivity contribution in [2.45, 2.75) is 39.0 Å². The average molecular weight is 430 g/mol. The summed E-state index contributed by atoms with van der Waals surface area (Å²) in [6.45, 7) is 2.55. The van der Waals surface area contributed by atoms with Gasteiger partial charge in [0.1, 0.15) is 0 Å². The monoisotopic (exact) mass is 429 g/mol. The number of carbonyl (C=O) groups is 1. The van der Waals surface area contributed by atoms with Gasteiger partial charge in [-0.3, -0.25) is 4.98 Å². The molecule has 0 unspecified atom stereocenters. The van der Waals surface area contributed by atoms with E-state index in [1.165, 1.54) is 6.42 Å². The molecule has 0 radical (unpaired) electrons. The molecule has 6 nitrogen and oxygen atoms in total. The number of aromatic carboxylic acids is 1. The van der Waals surface area contributed by atoms with Gasteiger partial charge < -0.3 is 14.6 Å². The van der Waals surface area contributed by atoms with Gasteiger partial charge in [-0.15, -0.1) is 0 Å². The minimum Gasteiger partial charge on any atom is -0.545 e. The fourth-order valence-electron chi connectivity index (χ4n) is 3.03. The minimum absolute atomic E-state index is 0. The van der Waals surface area contributed by atoms with Crippen molar-refractivity contribution >= 4 is 5.97 Å². The molecule has 0 aliphatic rings. The van der Waals surface area contributed by atoms with E-state index in [0.717, 1.165) is 25.7 Å². The summed E-state index contributed by atoms with van der Waals surface area (Å²) in [6.07, 6.45) is 8.63. The Morgan fingerprint density at radius 3 is 2.37 bits per heavy atom. The molecule has 2 aromatic heterocycles.